The van der Waals surface area contributed by atoms with Crippen molar-refractivity contribution in [3.63, 3.8) is 0 Å². The van der Waals surface area contributed by atoms with Crippen LogP contribution in [0.3, 0.4) is 0 Å². The maximum Gasteiger partial charge on any atom is 0.200 e. The number of fused-ring (bicyclic) bond motifs is 1. The van der Waals surface area contributed by atoms with Gasteiger partial charge in [-0.15, -0.1) is 0 Å². The van der Waals surface area contributed by atoms with Crippen molar-refractivity contribution in [2.24, 2.45) is 0 Å². The fourth-order valence-corrected chi connectivity index (χ4v) is 3.48. The average molecular weight is 393 g/mol. The number of aromatic nitrogens is 2. The van der Waals surface area contributed by atoms with Gasteiger partial charge in [-0.05, 0) is 55.3 Å². The Labute approximate surface area is 173 Å². The van der Waals surface area contributed by atoms with E-state index in [1.54, 1.807) is 36.5 Å². The molecule has 0 aliphatic rings. The summed E-state index contributed by atoms with van der Waals surface area (Å²) in [5.41, 5.74) is 4.12. The molecular weight excluding hydrogens is 374 g/mol. The second-order valence-electron chi connectivity index (χ2n) is 7.27. The number of pyridine rings is 2. The second kappa shape index (κ2) is 7.76. The van der Waals surface area contributed by atoms with Crippen LogP contribution in [0.2, 0.25) is 0 Å². The molecule has 0 aliphatic carbocycles. The molecule has 0 saturated heterocycles. The molecule has 0 unspecified atom stereocenters. The van der Waals surface area contributed by atoms with Crippen LogP contribution in [0.4, 0.5) is 0 Å². The molecule has 0 spiro atoms. The van der Waals surface area contributed by atoms with E-state index in [0.29, 0.717) is 34.4 Å². The molecule has 0 bridgehead atoms. The number of benzene rings is 2. The van der Waals surface area contributed by atoms with Crippen LogP contribution in [0.5, 0.6) is 0 Å². The smallest absolute Gasteiger partial charge is 0.200 e. The number of hydrogen-bond acceptors (Lipinski definition) is 4. The summed E-state index contributed by atoms with van der Waals surface area (Å²) >= 11 is 0. The van der Waals surface area contributed by atoms with Gasteiger partial charge in [0.15, 0.2) is 5.78 Å². The molecule has 0 saturated carbocycles. The molecular formula is C25H19N3O2. The van der Waals surface area contributed by atoms with Crippen molar-refractivity contribution >= 4 is 16.7 Å². The molecule has 4 rings (SSSR count). The molecule has 30 heavy (non-hydrogen) atoms. The van der Waals surface area contributed by atoms with Crippen LogP contribution in [0.1, 0.15) is 38.4 Å². The number of nitriles is 1. The van der Waals surface area contributed by atoms with E-state index in [2.05, 4.69) is 4.98 Å². The molecule has 0 radical (unpaired) electrons. The molecule has 2 aromatic heterocycles. The zero-order valence-corrected chi connectivity index (χ0v) is 16.7. The molecule has 0 aliphatic heterocycles. The third-order valence-corrected chi connectivity index (χ3v) is 5.26. The Morgan fingerprint density at radius 2 is 1.83 bits per heavy atom. The Balaban J connectivity index is 1.87. The van der Waals surface area contributed by atoms with E-state index in [1.807, 2.05) is 54.8 Å². The molecule has 0 amide bonds. The van der Waals surface area contributed by atoms with Gasteiger partial charge in [0.1, 0.15) is 11.8 Å². The highest BCUT2D eigenvalue weighted by molar-refractivity contribution is 6.10. The fourth-order valence-electron chi connectivity index (χ4n) is 3.48. The average Bonchev–Trinajstić information content (AvgIpc) is 2.77. The van der Waals surface area contributed by atoms with Crippen LogP contribution in [0, 0.1) is 25.2 Å². The zero-order chi connectivity index (χ0) is 21.3. The van der Waals surface area contributed by atoms with Gasteiger partial charge in [0.2, 0.25) is 5.43 Å². The van der Waals surface area contributed by atoms with E-state index >= 15 is 0 Å². The summed E-state index contributed by atoms with van der Waals surface area (Å²) in [5.74, 6) is -0.304. The predicted molar refractivity (Wildman–Crippen MR) is 116 cm³/mol. The van der Waals surface area contributed by atoms with E-state index in [9.17, 15) is 9.59 Å². The SMILES string of the molecule is Cc1ccc(C(=O)c2cn(Cc3cccc(C#N)n3)c3ccccc3c2=O)cc1C. The van der Waals surface area contributed by atoms with E-state index in [1.165, 1.54) is 0 Å². The summed E-state index contributed by atoms with van der Waals surface area (Å²) in [5, 5.41) is 9.59. The van der Waals surface area contributed by atoms with Crippen LogP contribution >= 0.6 is 0 Å². The molecule has 0 N–H and O–H groups in total. The Morgan fingerprint density at radius 3 is 2.60 bits per heavy atom. The minimum atomic E-state index is -0.304. The summed E-state index contributed by atoms with van der Waals surface area (Å²) in [6, 6.07) is 19.9. The topological polar surface area (TPSA) is 75.8 Å². The number of hydrogen-bond donors (Lipinski definition) is 0. The van der Waals surface area contributed by atoms with Crippen LogP contribution in [-0.2, 0) is 6.54 Å². The fraction of sp³-hybridized carbons (Fsp3) is 0.120. The highest BCUT2D eigenvalue weighted by atomic mass is 16.1. The van der Waals surface area contributed by atoms with Gasteiger partial charge >= 0.3 is 0 Å². The standard InChI is InChI=1S/C25H19N3O2/c1-16-10-11-18(12-17(16)2)24(29)22-15-28(14-20-7-5-6-19(13-26)27-20)23-9-4-3-8-21(23)25(22)30/h3-12,15H,14H2,1-2H3. The molecule has 5 heteroatoms. The number of carbonyl (C=O) groups is 1. The van der Waals surface area contributed by atoms with Gasteiger partial charge in [0.25, 0.3) is 0 Å². The first kappa shape index (κ1) is 19.3. The molecule has 4 aromatic rings. The Morgan fingerprint density at radius 1 is 1.03 bits per heavy atom. The number of rotatable bonds is 4. The van der Waals surface area contributed by atoms with Crippen molar-refractivity contribution in [1.82, 2.24) is 9.55 Å². The lowest BCUT2D eigenvalue weighted by Crippen LogP contribution is -2.20. The number of ketones is 1. The lowest BCUT2D eigenvalue weighted by Gasteiger charge is -2.13. The van der Waals surface area contributed by atoms with Gasteiger partial charge in [-0.1, -0.05) is 30.3 Å². The Hall–Kier alpha value is -4.04. The monoisotopic (exact) mass is 393 g/mol. The first-order valence-corrected chi connectivity index (χ1v) is 9.58. The zero-order valence-electron chi connectivity index (χ0n) is 16.7. The quantitative estimate of drug-likeness (QED) is 0.488. The molecule has 5 nitrogen and oxygen atoms in total. The summed E-state index contributed by atoms with van der Waals surface area (Å²) in [7, 11) is 0. The molecule has 0 atom stereocenters. The van der Waals surface area contributed by atoms with Crippen molar-refractivity contribution in [3.05, 3.63) is 111 Å². The van der Waals surface area contributed by atoms with Crippen LogP contribution in [-0.4, -0.2) is 15.3 Å². The summed E-state index contributed by atoms with van der Waals surface area (Å²) in [6.07, 6.45) is 1.60. The normalized spacial score (nSPS) is 10.7. The largest absolute Gasteiger partial charge is 0.340 e. The molecule has 0 fully saturated rings. The minimum Gasteiger partial charge on any atom is -0.340 e. The van der Waals surface area contributed by atoms with Crippen molar-refractivity contribution < 1.29 is 4.79 Å². The van der Waals surface area contributed by atoms with Crippen LogP contribution in [0.15, 0.2) is 71.7 Å². The summed E-state index contributed by atoms with van der Waals surface area (Å²) < 4.78 is 1.84. The lowest BCUT2D eigenvalue weighted by atomic mass is 9.99. The van der Waals surface area contributed by atoms with Crippen LogP contribution in [0.25, 0.3) is 10.9 Å². The predicted octanol–water partition coefficient (Wildman–Crippen LogP) is 4.16. The second-order valence-corrected chi connectivity index (χ2v) is 7.27. The molecule has 146 valence electrons. The van der Waals surface area contributed by atoms with Crippen molar-refractivity contribution in [2.75, 3.05) is 0 Å². The van der Waals surface area contributed by atoms with E-state index in [-0.39, 0.29) is 16.8 Å². The van der Waals surface area contributed by atoms with E-state index in [4.69, 9.17) is 5.26 Å². The van der Waals surface area contributed by atoms with Crippen LogP contribution < -0.4 is 5.43 Å². The maximum atomic E-state index is 13.2. The van der Waals surface area contributed by atoms with Gasteiger partial charge in [-0.2, -0.15) is 5.26 Å². The summed E-state index contributed by atoms with van der Waals surface area (Å²) in [4.78, 5) is 30.6. The first-order chi connectivity index (χ1) is 14.5. The maximum absolute atomic E-state index is 13.2. The van der Waals surface area contributed by atoms with Gasteiger partial charge in [0.05, 0.1) is 23.3 Å². The van der Waals surface area contributed by atoms with Gasteiger partial charge < -0.3 is 4.57 Å². The molecule has 2 heterocycles. The number of para-hydroxylation sites is 1. The van der Waals surface area contributed by atoms with Gasteiger partial charge in [-0.25, -0.2) is 4.98 Å². The number of nitrogens with zero attached hydrogens (tertiary/aromatic N) is 3. The van der Waals surface area contributed by atoms with Gasteiger partial charge in [-0.3, -0.25) is 9.59 Å². The van der Waals surface area contributed by atoms with E-state index in [0.717, 1.165) is 11.1 Å². The van der Waals surface area contributed by atoms with Crippen molar-refractivity contribution in [2.45, 2.75) is 20.4 Å². The van der Waals surface area contributed by atoms with Crippen molar-refractivity contribution in [1.29, 1.82) is 5.26 Å². The highest BCUT2D eigenvalue weighted by Crippen LogP contribution is 2.17. The Kier molecular flexibility index (Phi) is 4.99. The number of aryl methyl sites for hydroxylation is 2. The van der Waals surface area contributed by atoms with Crippen molar-refractivity contribution in [3.8, 4) is 6.07 Å². The highest BCUT2D eigenvalue weighted by Gasteiger charge is 2.18. The minimum absolute atomic E-state index is 0.119. The van der Waals surface area contributed by atoms with E-state index < -0.39 is 0 Å². The third-order valence-electron chi connectivity index (χ3n) is 5.26. The number of carbonyl (C=O) groups excluding carboxylic acids is 1. The molecule has 2 aromatic carbocycles. The Bertz CT molecular complexity index is 1390. The summed E-state index contributed by atoms with van der Waals surface area (Å²) in [6.45, 7) is 4.26. The van der Waals surface area contributed by atoms with Gasteiger partial charge in [0, 0.05) is 17.1 Å². The third kappa shape index (κ3) is 3.51. The first-order valence-electron chi connectivity index (χ1n) is 9.58. The lowest BCUT2D eigenvalue weighted by molar-refractivity contribution is 0.103.